The summed E-state index contributed by atoms with van der Waals surface area (Å²) in [4.78, 5) is 12.2. The molecule has 0 saturated heterocycles. The van der Waals surface area contributed by atoms with Crippen LogP contribution in [0.5, 0.6) is 0 Å². The fraction of sp³-hybridized carbons (Fsp3) is 0.500. The molecule has 1 aromatic rings. The van der Waals surface area contributed by atoms with E-state index in [1.54, 1.807) is 12.1 Å². The highest BCUT2D eigenvalue weighted by atomic mass is 32.2. The average molecular weight is 283 g/mol. The van der Waals surface area contributed by atoms with Crippen LogP contribution in [0.25, 0.3) is 0 Å². The predicted molar refractivity (Wildman–Crippen MR) is 79.2 cm³/mol. The van der Waals surface area contributed by atoms with Crippen LogP contribution < -0.4 is 5.32 Å². The molecule has 5 heteroatoms. The highest BCUT2D eigenvalue weighted by Gasteiger charge is 2.24. The van der Waals surface area contributed by atoms with Crippen LogP contribution in [0.3, 0.4) is 0 Å². The molecule has 4 nitrogen and oxygen atoms in total. The van der Waals surface area contributed by atoms with E-state index in [1.807, 2.05) is 26.2 Å². The Morgan fingerprint density at radius 2 is 2.16 bits per heavy atom. The predicted octanol–water partition coefficient (Wildman–Crippen LogP) is 3.07. The van der Waals surface area contributed by atoms with Gasteiger partial charge < -0.3 is 15.5 Å². The number of carboxylic acids is 1. The van der Waals surface area contributed by atoms with Crippen molar-refractivity contribution >= 4 is 23.4 Å². The first kappa shape index (κ1) is 15.9. The molecular weight excluding hydrogens is 262 g/mol. The molecule has 0 saturated carbocycles. The number of rotatable bonds is 7. The largest absolute Gasteiger partial charge is 0.478 e. The summed E-state index contributed by atoms with van der Waals surface area (Å²) in [7, 11) is 0. The van der Waals surface area contributed by atoms with Gasteiger partial charge in [-0.15, -0.1) is 11.8 Å². The normalized spacial score (nSPS) is 13.9. The molecule has 0 bridgehead atoms. The number of carbonyl (C=O) groups is 1. The van der Waals surface area contributed by atoms with Gasteiger partial charge in [-0.1, -0.05) is 13.0 Å². The number of aliphatic hydroxyl groups is 1. The van der Waals surface area contributed by atoms with Crippen molar-refractivity contribution in [3.05, 3.63) is 23.8 Å². The van der Waals surface area contributed by atoms with Crippen LogP contribution in [-0.2, 0) is 0 Å². The van der Waals surface area contributed by atoms with Gasteiger partial charge in [0, 0.05) is 17.0 Å². The minimum atomic E-state index is -0.935. The third-order valence-corrected chi connectivity index (χ3v) is 4.12. The Labute approximate surface area is 118 Å². The first-order valence-corrected chi connectivity index (χ1v) is 7.49. The third-order valence-electron chi connectivity index (χ3n) is 3.34. The van der Waals surface area contributed by atoms with Crippen LogP contribution in [0, 0.1) is 0 Å². The zero-order valence-corrected chi connectivity index (χ0v) is 12.4. The Morgan fingerprint density at radius 3 is 2.63 bits per heavy atom. The minimum Gasteiger partial charge on any atom is -0.478 e. The van der Waals surface area contributed by atoms with Gasteiger partial charge >= 0.3 is 5.97 Å². The van der Waals surface area contributed by atoms with Gasteiger partial charge in [-0.2, -0.15) is 0 Å². The van der Waals surface area contributed by atoms with Gasteiger partial charge in [0.2, 0.25) is 0 Å². The summed E-state index contributed by atoms with van der Waals surface area (Å²) in [6.07, 6.45) is 3.24. The standard InChI is InChI=1S/C14H21NO3S/c1-4-14(2,8-9-16)15-10-6-5-7-11(19-3)12(10)13(17)18/h5-7,15-16H,4,8-9H2,1-3H3,(H,17,18). The molecule has 0 aliphatic rings. The molecule has 0 radical (unpaired) electrons. The van der Waals surface area contributed by atoms with E-state index in [4.69, 9.17) is 5.11 Å². The SMILES string of the molecule is CCC(C)(CCO)Nc1cccc(SC)c1C(=O)O. The number of aliphatic hydroxyl groups excluding tert-OH is 1. The van der Waals surface area contributed by atoms with Gasteiger partial charge in [0.1, 0.15) is 0 Å². The Bertz CT molecular complexity index is 450. The Balaban J connectivity index is 3.16. The Kier molecular flexibility index (Phi) is 5.69. The van der Waals surface area contributed by atoms with Gasteiger partial charge in [-0.05, 0) is 38.2 Å². The van der Waals surface area contributed by atoms with Crippen molar-refractivity contribution in [3.63, 3.8) is 0 Å². The second-order valence-electron chi connectivity index (χ2n) is 4.70. The lowest BCUT2D eigenvalue weighted by atomic mass is 9.94. The Morgan fingerprint density at radius 1 is 1.47 bits per heavy atom. The Hall–Kier alpha value is -1.20. The van der Waals surface area contributed by atoms with Gasteiger partial charge in [0.25, 0.3) is 0 Å². The number of thioether (sulfide) groups is 1. The molecule has 0 amide bonds. The van der Waals surface area contributed by atoms with Crippen molar-refractivity contribution in [2.24, 2.45) is 0 Å². The van der Waals surface area contributed by atoms with Crippen molar-refractivity contribution in [2.75, 3.05) is 18.2 Å². The van der Waals surface area contributed by atoms with E-state index in [0.717, 1.165) is 11.3 Å². The van der Waals surface area contributed by atoms with E-state index < -0.39 is 5.97 Å². The highest BCUT2D eigenvalue weighted by Crippen LogP contribution is 2.30. The summed E-state index contributed by atoms with van der Waals surface area (Å²) < 4.78 is 0. The second-order valence-corrected chi connectivity index (χ2v) is 5.55. The van der Waals surface area contributed by atoms with Crippen molar-refractivity contribution in [1.82, 2.24) is 0 Å². The van der Waals surface area contributed by atoms with E-state index in [-0.39, 0.29) is 12.1 Å². The van der Waals surface area contributed by atoms with Gasteiger partial charge in [-0.25, -0.2) is 4.79 Å². The maximum absolute atomic E-state index is 11.4. The van der Waals surface area contributed by atoms with Crippen LogP contribution >= 0.6 is 11.8 Å². The monoisotopic (exact) mass is 283 g/mol. The second kappa shape index (κ2) is 6.82. The third kappa shape index (κ3) is 3.88. The number of aromatic carboxylic acids is 1. The molecule has 0 aliphatic carbocycles. The number of hydrogen-bond donors (Lipinski definition) is 3. The summed E-state index contributed by atoms with van der Waals surface area (Å²) >= 11 is 1.41. The molecule has 1 unspecified atom stereocenters. The summed E-state index contributed by atoms with van der Waals surface area (Å²) in [6.45, 7) is 4.07. The average Bonchev–Trinajstić information content (AvgIpc) is 2.38. The minimum absolute atomic E-state index is 0.0714. The molecule has 0 aromatic heterocycles. The summed E-state index contributed by atoms with van der Waals surface area (Å²) in [5.74, 6) is -0.935. The summed E-state index contributed by atoms with van der Waals surface area (Å²) in [5.41, 5.74) is 0.598. The topological polar surface area (TPSA) is 69.6 Å². The molecule has 1 atom stereocenters. The molecule has 0 spiro atoms. The van der Waals surface area contributed by atoms with E-state index in [1.165, 1.54) is 11.8 Å². The van der Waals surface area contributed by atoms with Gasteiger partial charge in [-0.3, -0.25) is 0 Å². The maximum atomic E-state index is 11.4. The maximum Gasteiger partial charge on any atom is 0.338 e. The quantitative estimate of drug-likeness (QED) is 0.671. The zero-order valence-electron chi connectivity index (χ0n) is 11.6. The molecule has 1 aromatic carbocycles. The fourth-order valence-electron chi connectivity index (χ4n) is 1.93. The number of nitrogens with one attached hydrogen (secondary N) is 1. The van der Waals surface area contributed by atoms with E-state index >= 15 is 0 Å². The zero-order chi connectivity index (χ0) is 14.5. The lowest BCUT2D eigenvalue weighted by Crippen LogP contribution is -2.35. The van der Waals surface area contributed by atoms with Crippen LogP contribution in [0.4, 0.5) is 5.69 Å². The number of benzene rings is 1. The number of carboxylic acid groups (broad SMARTS) is 1. The highest BCUT2D eigenvalue weighted by molar-refractivity contribution is 7.98. The van der Waals surface area contributed by atoms with Crippen molar-refractivity contribution < 1.29 is 15.0 Å². The van der Waals surface area contributed by atoms with Crippen molar-refractivity contribution in [1.29, 1.82) is 0 Å². The molecular formula is C14H21NO3S. The lowest BCUT2D eigenvalue weighted by molar-refractivity contribution is 0.0694. The first-order chi connectivity index (χ1) is 8.97. The van der Waals surface area contributed by atoms with Crippen LogP contribution in [0.2, 0.25) is 0 Å². The van der Waals surface area contributed by atoms with Gasteiger partial charge in [0.05, 0.1) is 11.3 Å². The smallest absolute Gasteiger partial charge is 0.338 e. The van der Waals surface area contributed by atoms with Crippen LogP contribution in [-0.4, -0.2) is 34.6 Å². The van der Waals surface area contributed by atoms with Crippen LogP contribution in [0.1, 0.15) is 37.0 Å². The number of anilines is 1. The van der Waals surface area contributed by atoms with Crippen LogP contribution in [0.15, 0.2) is 23.1 Å². The molecule has 1 rings (SSSR count). The molecule has 0 heterocycles. The summed E-state index contributed by atoms with van der Waals surface area (Å²) in [5, 5.41) is 21.8. The van der Waals surface area contributed by atoms with Crippen molar-refractivity contribution in [3.8, 4) is 0 Å². The number of hydrogen-bond acceptors (Lipinski definition) is 4. The molecule has 0 fully saturated rings. The van der Waals surface area contributed by atoms with E-state index in [9.17, 15) is 9.90 Å². The molecule has 19 heavy (non-hydrogen) atoms. The molecule has 0 aliphatic heterocycles. The van der Waals surface area contributed by atoms with Crippen molar-refractivity contribution in [2.45, 2.75) is 37.1 Å². The fourth-order valence-corrected chi connectivity index (χ4v) is 2.54. The molecule has 3 N–H and O–H groups in total. The van der Waals surface area contributed by atoms with E-state index in [0.29, 0.717) is 17.7 Å². The van der Waals surface area contributed by atoms with E-state index in [2.05, 4.69) is 5.32 Å². The molecule has 106 valence electrons. The summed E-state index contributed by atoms with van der Waals surface area (Å²) in [6, 6.07) is 5.42. The van der Waals surface area contributed by atoms with Gasteiger partial charge in [0.15, 0.2) is 0 Å². The first-order valence-electron chi connectivity index (χ1n) is 6.26. The lowest BCUT2D eigenvalue weighted by Gasteiger charge is -2.31.